The second-order valence-electron chi connectivity index (χ2n) is 4.42. The number of benzene rings is 1. The highest BCUT2D eigenvalue weighted by molar-refractivity contribution is 5.93. The minimum atomic E-state index is -0.304. The summed E-state index contributed by atoms with van der Waals surface area (Å²) in [6.45, 7) is 1.19. The third-order valence-electron chi connectivity index (χ3n) is 2.96. The molecule has 20 heavy (non-hydrogen) atoms. The van der Waals surface area contributed by atoms with Crippen molar-refractivity contribution in [1.29, 1.82) is 0 Å². The Kier molecular flexibility index (Phi) is 4.68. The van der Waals surface area contributed by atoms with E-state index >= 15 is 0 Å². The summed E-state index contributed by atoms with van der Waals surface area (Å²) in [6, 6.07) is 11.0. The molecule has 104 valence electrons. The Morgan fingerprint density at radius 2 is 1.95 bits per heavy atom. The number of carbonyl (C=O) groups is 1. The minimum absolute atomic E-state index is 0.136. The van der Waals surface area contributed by atoms with E-state index in [0.717, 1.165) is 5.56 Å². The van der Waals surface area contributed by atoms with Crippen LogP contribution in [-0.2, 0) is 6.54 Å². The molecule has 0 saturated heterocycles. The second kappa shape index (κ2) is 6.68. The number of aromatic nitrogens is 1. The van der Waals surface area contributed by atoms with Crippen molar-refractivity contribution < 1.29 is 4.79 Å². The van der Waals surface area contributed by atoms with Crippen LogP contribution in [0.15, 0.2) is 53.6 Å². The third-order valence-corrected chi connectivity index (χ3v) is 2.96. The van der Waals surface area contributed by atoms with Crippen LogP contribution < -0.4 is 11.2 Å². The lowest BCUT2D eigenvalue weighted by atomic mass is 10.2. The summed E-state index contributed by atoms with van der Waals surface area (Å²) in [7, 11) is 0. The lowest BCUT2D eigenvalue weighted by molar-refractivity contribution is 0.0746. The molecule has 1 aromatic heterocycles. The van der Waals surface area contributed by atoms with E-state index in [4.69, 9.17) is 5.73 Å². The summed E-state index contributed by atoms with van der Waals surface area (Å²) in [6.07, 6.45) is 2.93. The Morgan fingerprint density at radius 3 is 2.60 bits per heavy atom. The summed E-state index contributed by atoms with van der Waals surface area (Å²) in [5.74, 6) is -0.304. The van der Waals surface area contributed by atoms with Gasteiger partial charge in [0.25, 0.3) is 5.91 Å². The number of aromatic amines is 1. The molecule has 1 heterocycles. The van der Waals surface area contributed by atoms with Crippen LogP contribution >= 0.6 is 0 Å². The van der Waals surface area contributed by atoms with Crippen LogP contribution in [0.5, 0.6) is 0 Å². The molecule has 0 bridgehead atoms. The maximum Gasteiger partial charge on any atom is 0.259 e. The molecule has 0 aliphatic carbocycles. The number of nitrogens with zero attached hydrogens (tertiary/aromatic N) is 1. The molecule has 0 saturated carbocycles. The number of H-pyrrole nitrogens is 1. The van der Waals surface area contributed by atoms with E-state index < -0.39 is 0 Å². The topological polar surface area (TPSA) is 79.2 Å². The molecule has 5 heteroatoms. The van der Waals surface area contributed by atoms with Crippen LogP contribution in [-0.4, -0.2) is 28.9 Å². The standard InChI is InChI=1S/C15H17N3O2/c16-7-9-18(11-12-4-2-1-3-5-12)15(20)13-10-17-8-6-14(13)19/h1-6,8,10H,7,9,11,16H2,(H,17,19). The average molecular weight is 271 g/mol. The Hall–Kier alpha value is -2.40. The average Bonchev–Trinajstić information content (AvgIpc) is 2.48. The van der Waals surface area contributed by atoms with E-state index in [-0.39, 0.29) is 16.9 Å². The Labute approximate surface area is 117 Å². The summed E-state index contributed by atoms with van der Waals surface area (Å²) in [5, 5.41) is 0. The van der Waals surface area contributed by atoms with Crippen LogP contribution in [0, 0.1) is 0 Å². The number of hydrogen-bond acceptors (Lipinski definition) is 3. The number of pyridine rings is 1. The Bertz CT molecular complexity index is 622. The van der Waals surface area contributed by atoms with E-state index in [2.05, 4.69) is 4.98 Å². The summed E-state index contributed by atoms with van der Waals surface area (Å²) in [5.41, 5.74) is 6.41. The zero-order valence-corrected chi connectivity index (χ0v) is 11.1. The highest BCUT2D eigenvalue weighted by Gasteiger charge is 2.17. The molecule has 1 aromatic carbocycles. The molecule has 0 radical (unpaired) electrons. The molecular weight excluding hydrogens is 254 g/mol. The third kappa shape index (κ3) is 3.33. The second-order valence-corrected chi connectivity index (χ2v) is 4.42. The zero-order chi connectivity index (χ0) is 14.4. The fourth-order valence-corrected chi connectivity index (χ4v) is 1.97. The fourth-order valence-electron chi connectivity index (χ4n) is 1.97. The number of hydrogen-bond donors (Lipinski definition) is 2. The molecular formula is C15H17N3O2. The van der Waals surface area contributed by atoms with Gasteiger partial charge in [-0.3, -0.25) is 9.59 Å². The fraction of sp³-hybridized carbons (Fsp3) is 0.200. The van der Waals surface area contributed by atoms with E-state index in [1.54, 1.807) is 4.90 Å². The quantitative estimate of drug-likeness (QED) is 0.850. The predicted octanol–water partition coefficient (Wildman–Crippen LogP) is 0.976. The number of nitrogens with one attached hydrogen (secondary N) is 1. The van der Waals surface area contributed by atoms with Crippen molar-refractivity contribution in [1.82, 2.24) is 9.88 Å². The molecule has 0 aliphatic heterocycles. The number of carbonyl (C=O) groups excluding carboxylic acids is 1. The number of amides is 1. The molecule has 0 spiro atoms. The molecule has 5 nitrogen and oxygen atoms in total. The first-order valence-electron chi connectivity index (χ1n) is 6.42. The van der Waals surface area contributed by atoms with Crippen molar-refractivity contribution in [2.75, 3.05) is 13.1 Å². The van der Waals surface area contributed by atoms with E-state index in [1.807, 2.05) is 30.3 Å². The van der Waals surface area contributed by atoms with Gasteiger partial charge in [0, 0.05) is 38.1 Å². The van der Waals surface area contributed by atoms with Gasteiger partial charge >= 0.3 is 0 Å². The van der Waals surface area contributed by atoms with Crippen molar-refractivity contribution in [2.45, 2.75) is 6.54 Å². The molecule has 0 atom stereocenters. The summed E-state index contributed by atoms with van der Waals surface area (Å²) in [4.78, 5) is 28.5. The molecule has 2 aromatic rings. The van der Waals surface area contributed by atoms with Crippen molar-refractivity contribution >= 4 is 5.91 Å². The van der Waals surface area contributed by atoms with Gasteiger partial charge in [-0.1, -0.05) is 30.3 Å². The van der Waals surface area contributed by atoms with Gasteiger partial charge in [-0.2, -0.15) is 0 Å². The van der Waals surface area contributed by atoms with Gasteiger partial charge in [0.2, 0.25) is 0 Å². The van der Waals surface area contributed by atoms with Gasteiger partial charge < -0.3 is 15.6 Å². The first kappa shape index (κ1) is 14.0. The lowest BCUT2D eigenvalue weighted by Crippen LogP contribution is -2.37. The molecule has 3 N–H and O–H groups in total. The van der Waals surface area contributed by atoms with Crippen LogP contribution in [0.2, 0.25) is 0 Å². The molecule has 0 unspecified atom stereocenters. The monoisotopic (exact) mass is 271 g/mol. The van der Waals surface area contributed by atoms with Crippen molar-refractivity contribution in [3.05, 3.63) is 70.1 Å². The van der Waals surface area contributed by atoms with E-state index in [9.17, 15) is 9.59 Å². The Balaban J connectivity index is 2.22. The largest absolute Gasteiger partial charge is 0.367 e. The highest BCUT2D eigenvalue weighted by Crippen LogP contribution is 2.07. The maximum absolute atomic E-state index is 12.4. The number of rotatable bonds is 5. The maximum atomic E-state index is 12.4. The molecule has 1 amide bonds. The van der Waals surface area contributed by atoms with Gasteiger partial charge in [0.1, 0.15) is 5.56 Å². The molecule has 0 fully saturated rings. The SMILES string of the molecule is NCCN(Cc1ccccc1)C(=O)c1c[nH]ccc1=O. The van der Waals surface area contributed by atoms with Gasteiger partial charge in [-0.05, 0) is 5.56 Å². The first-order chi connectivity index (χ1) is 9.72. The summed E-state index contributed by atoms with van der Waals surface area (Å²) >= 11 is 0. The van der Waals surface area contributed by atoms with E-state index in [0.29, 0.717) is 19.6 Å². The normalized spacial score (nSPS) is 10.2. The van der Waals surface area contributed by atoms with Crippen molar-refractivity contribution in [3.8, 4) is 0 Å². The van der Waals surface area contributed by atoms with Crippen LogP contribution in [0.3, 0.4) is 0 Å². The van der Waals surface area contributed by atoms with Crippen molar-refractivity contribution in [3.63, 3.8) is 0 Å². The molecule has 0 aliphatic rings. The smallest absolute Gasteiger partial charge is 0.259 e. The van der Waals surface area contributed by atoms with E-state index in [1.165, 1.54) is 18.5 Å². The predicted molar refractivity (Wildman–Crippen MR) is 77.3 cm³/mol. The highest BCUT2D eigenvalue weighted by atomic mass is 16.2. The lowest BCUT2D eigenvalue weighted by Gasteiger charge is -2.21. The Morgan fingerprint density at radius 1 is 1.20 bits per heavy atom. The van der Waals surface area contributed by atoms with Gasteiger partial charge in [0.05, 0.1) is 0 Å². The minimum Gasteiger partial charge on any atom is -0.367 e. The van der Waals surface area contributed by atoms with Gasteiger partial charge in [-0.15, -0.1) is 0 Å². The molecule has 2 rings (SSSR count). The van der Waals surface area contributed by atoms with Crippen LogP contribution in [0.1, 0.15) is 15.9 Å². The number of nitrogens with two attached hydrogens (primary N) is 1. The van der Waals surface area contributed by atoms with Crippen LogP contribution in [0.4, 0.5) is 0 Å². The van der Waals surface area contributed by atoms with Gasteiger partial charge in [0.15, 0.2) is 5.43 Å². The van der Waals surface area contributed by atoms with Gasteiger partial charge in [-0.25, -0.2) is 0 Å². The van der Waals surface area contributed by atoms with Crippen molar-refractivity contribution in [2.24, 2.45) is 5.73 Å². The van der Waals surface area contributed by atoms with Crippen LogP contribution in [0.25, 0.3) is 0 Å². The summed E-state index contributed by atoms with van der Waals surface area (Å²) < 4.78 is 0. The first-order valence-corrected chi connectivity index (χ1v) is 6.42. The zero-order valence-electron chi connectivity index (χ0n) is 11.1.